The van der Waals surface area contributed by atoms with Crippen molar-refractivity contribution in [3.8, 4) is 0 Å². The van der Waals surface area contributed by atoms with Gasteiger partial charge in [0.25, 0.3) is 0 Å². The van der Waals surface area contributed by atoms with Gasteiger partial charge in [-0.15, -0.1) is 0 Å². The van der Waals surface area contributed by atoms with Crippen LogP contribution in [0.1, 0.15) is 37.4 Å². The van der Waals surface area contributed by atoms with E-state index in [0.29, 0.717) is 12.5 Å². The lowest BCUT2D eigenvalue weighted by Crippen LogP contribution is -2.24. The van der Waals surface area contributed by atoms with Crippen molar-refractivity contribution in [2.24, 2.45) is 11.7 Å². The highest BCUT2D eigenvalue weighted by Gasteiger charge is 2.27. The first-order valence-electron chi connectivity index (χ1n) is 6.19. The van der Waals surface area contributed by atoms with E-state index in [1.165, 1.54) is 25.7 Å². The second-order valence-electron chi connectivity index (χ2n) is 4.66. The smallest absolute Gasteiger partial charge is 0.0697 e. The van der Waals surface area contributed by atoms with Crippen LogP contribution in [0.25, 0.3) is 0 Å². The third-order valence-electron chi connectivity index (χ3n) is 3.56. The predicted octanol–water partition coefficient (Wildman–Crippen LogP) is 2.48. The predicted molar refractivity (Wildman–Crippen MR) is 70.7 cm³/mol. The van der Waals surface area contributed by atoms with Crippen molar-refractivity contribution in [2.45, 2.75) is 38.3 Å². The molecule has 4 nitrogen and oxygen atoms in total. The monoisotopic (exact) mass is 301 g/mol. The fourth-order valence-electron chi connectivity index (χ4n) is 2.60. The van der Waals surface area contributed by atoms with Gasteiger partial charge < -0.3 is 10.5 Å². The molecule has 1 aromatic heterocycles. The van der Waals surface area contributed by atoms with Crippen molar-refractivity contribution in [1.82, 2.24) is 9.78 Å². The summed E-state index contributed by atoms with van der Waals surface area (Å²) in [6.45, 7) is 1.43. The third kappa shape index (κ3) is 2.89. The number of nitrogens with two attached hydrogens (primary N) is 1. The molecule has 96 valence electrons. The lowest BCUT2D eigenvalue weighted by Gasteiger charge is -2.20. The maximum Gasteiger partial charge on any atom is 0.0697 e. The van der Waals surface area contributed by atoms with Gasteiger partial charge in [-0.05, 0) is 34.7 Å². The number of rotatable bonds is 5. The molecule has 0 spiro atoms. The van der Waals surface area contributed by atoms with E-state index >= 15 is 0 Å². The van der Waals surface area contributed by atoms with E-state index in [1.807, 2.05) is 10.9 Å². The number of methoxy groups -OCH3 is 1. The molecule has 1 unspecified atom stereocenters. The minimum atomic E-state index is 0.0891. The first-order valence-corrected chi connectivity index (χ1v) is 6.99. The highest BCUT2D eigenvalue weighted by molar-refractivity contribution is 9.10. The van der Waals surface area contributed by atoms with Gasteiger partial charge in [-0.2, -0.15) is 5.10 Å². The summed E-state index contributed by atoms with van der Waals surface area (Å²) in [4.78, 5) is 0. The molecule has 5 heteroatoms. The topological polar surface area (TPSA) is 53.1 Å². The summed E-state index contributed by atoms with van der Waals surface area (Å²) in [6.07, 6.45) is 6.93. The fraction of sp³-hybridized carbons (Fsp3) is 0.750. The Bertz CT molecular complexity index is 361. The van der Waals surface area contributed by atoms with Gasteiger partial charge in [0.15, 0.2) is 0 Å². The zero-order valence-corrected chi connectivity index (χ0v) is 11.8. The van der Waals surface area contributed by atoms with Crippen molar-refractivity contribution in [2.75, 3.05) is 13.7 Å². The molecule has 1 aromatic rings. The third-order valence-corrected chi connectivity index (χ3v) is 4.17. The molecule has 0 amide bonds. The Morgan fingerprint density at radius 3 is 2.94 bits per heavy atom. The van der Waals surface area contributed by atoms with Crippen molar-refractivity contribution in [3.63, 3.8) is 0 Å². The van der Waals surface area contributed by atoms with Gasteiger partial charge in [0, 0.05) is 7.11 Å². The molecule has 1 atom stereocenters. The average Bonchev–Trinajstić information content (AvgIpc) is 2.95. The summed E-state index contributed by atoms with van der Waals surface area (Å²) < 4.78 is 8.09. The molecule has 17 heavy (non-hydrogen) atoms. The maximum absolute atomic E-state index is 6.39. The van der Waals surface area contributed by atoms with Crippen LogP contribution in [-0.4, -0.2) is 23.5 Å². The molecule has 0 aliphatic heterocycles. The van der Waals surface area contributed by atoms with Gasteiger partial charge in [0.1, 0.15) is 0 Å². The van der Waals surface area contributed by atoms with Gasteiger partial charge in [0.05, 0.1) is 35.6 Å². The second kappa shape index (κ2) is 5.98. The lowest BCUT2D eigenvalue weighted by molar-refractivity contribution is 0.181. The molecule has 2 rings (SSSR count). The van der Waals surface area contributed by atoms with Crippen LogP contribution in [0.4, 0.5) is 0 Å². The highest BCUT2D eigenvalue weighted by Crippen LogP contribution is 2.36. The Kier molecular flexibility index (Phi) is 4.59. The van der Waals surface area contributed by atoms with Crippen molar-refractivity contribution >= 4 is 15.9 Å². The van der Waals surface area contributed by atoms with E-state index in [2.05, 4.69) is 21.0 Å². The van der Waals surface area contributed by atoms with Crippen LogP contribution in [0, 0.1) is 5.92 Å². The number of aromatic nitrogens is 2. The van der Waals surface area contributed by atoms with Crippen LogP contribution in [0.15, 0.2) is 10.7 Å². The van der Waals surface area contributed by atoms with E-state index in [0.717, 1.165) is 16.7 Å². The van der Waals surface area contributed by atoms with Crippen LogP contribution in [0.3, 0.4) is 0 Å². The van der Waals surface area contributed by atoms with Gasteiger partial charge in [-0.1, -0.05) is 12.8 Å². The lowest BCUT2D eigenvalue weighted by atomic mass is 9.96. The Hall–Kier alpha value is -0.390. The first-order chi connectivity index (χ1) is 8.24. The average molecular weight is 302 g/mol. The zero-order chi connectivity index (χ0) is 12.3. The Balaban J connectivity index is 2.14. The van der Waals surface area contributed by atoms with Crippen LogP contribution in [0.5, 0.6) is 0 Å². The normalized spacial score (nSPS) is 18.8. The number of ether oxygens (including phenoxy) is 1. The largest absolute Gasteiger partial charge is 0.383 e. The van der Waals surface area contributed by atoms with Crippen LogP contribution in [0.2, 0.25) is 0 Å². The summed E-state index contributed by atoms with van der Waals surface area (Å²) in [7, 11) is 1.70. The van der Waals surface area contributed by atoms with E-state index in [-0.39, 0.29) is 6.04 Å². The highest BCUT2D eigenvalue weighted by atomic mass is 79.9. The van der Waals surface area contributed by atoms with E-state index in [4.69, 9.17) is 10.5 Å². The molecule has 0 bridgehead atoms. The standard InChI is InChI=1S/C12H20BrN3O/c1-17-7-6-16-12(10(13)8-15-16)11(14)9-4-2-3-5-9/h8-9,11H,2-7,14H2,1H3. The van der Waals surface area contributed by atoms with Gasteiger partial charge >= 0.3 is 0 Å². The van der Waals surface area contributed by atoms with Crippen LogP contribution < -0.4 is 5.73 Å². The quantitative estimate of drug-likeness (QED) is 0.909. The molecular weight excluding hydrogens is 282 g/mol. The molecule has 0 aromatic carbocycles. The number of nitrogens with zero attached hydrogens (tertiary/aromatic N) is 2. The molecule has 0 saturated heterocycles. The molecule has 1 aliphatic carbocycles. The van der Waals surface area contributed by atoms with E-state index in [9.17, 15) is 0 Å². The summed E-state index contributed by atoms with van der Waals surface area (Å²) in [6, 6.07) is 0.0891. The molecular formula is C12H20BrN3O. The second-order valence-corrected chi connectivity index (χ2v) is 5.52. The summed E-state index contributed by atoms with van der Waals surface area (Å²) in [5.41, 5.74) is 7.51. The van der Waals surface area contributed by atoms with Gasteiger partial charge in [0.2, 0.25) is 0 Å². The van der Waals surface area contributed by atoms with Crippen LogP contribution >= 0.6 is 15.9 Å². The minimum Gasteiger partial charge on any atom is -0.383 e. The Labute approximate surface area is 111 Å². The van der Waals surface area contributed by atoms with E-state index < -0.39 is 0 Å². The Morgan fingerprint density at radius 2 is 2.29 bits per heavy atom. The molecule has 1 fully saturated rings. The van der Waals surface area contributed by atoms with Crippen molar-refractivity contribution < 1.29 is 4.74 Å². The summed E-state index contributed by atoms with van der Waals surface area (Å²) in [5, 5.41) is 4.36. The fourth-order valence-corrected chi connectivity index (χ4v) is 3.16. The number of hydrogen-bond donors (Lipinski definition) is 1. The van der Waals surface area contributed by atoms with Gasteiger partial charge in [-0.25, -0.2) is 0 Å². The number of halogens is 1. The summed E-state index contributed by atoms with van der Waals surface area (Å²) >= 11 is 3.55. The summed E-state index contributed by atoms with van der Waals surface area (Å²) in [5.74, 6) is 0.601. The zero-order valence-electron chi connectivity index (χ0n) is 10.2. The van der Waals surface area contributed by atoms with Crippen molar-refractivity contribution in [1.29, 1.82) is 0 Å². The van der Waals surface area contributed by atoms with Crippen LogP contribution in [-0.2, 0) is 11.3 Å². The SMILES string of the molecule is COCCn1ncc(Br)c1C(N)C1CCCC1. The Morgan fingerprint density at radius 1 is 1.59 bits per heavy atom. The molecule has 1 saturated carbocycles. The molecule has 1 aliphatic rings. The van der Waals surface area contributed by atoms with E-state index in [1.54, 1.807) is 7.11 Å². The first kappa shape index (κ1) is 13.1. The maximum atomic E-state index is 6.39. The number of hydrogen-bond acceptors (Lipinski definition) is 3. The minimum absolute atomic E-state index is 0.0891. The molecule has 2 N–H and O–H groups in total. The van der Waals surface area contributed by atoms with Crippen molar-refractivity contribution in [3.05, 3.63) is 16.4 Å². The molecule has 0 radical (unpaired) electrons. The molecule has 1 heterocycles. The van der Waals surface area contributed by atoms with Gasteiger partial charge in [-0.3, -0.25) is 4.68 Å².